The Balaban J connectivity index is 2.76. The molecule has 0 saturated heterocycles. The topological polar surface area (TPSA) is 98.2 Å². The summed E-state index contributed by atoms with van der Waals surface area (Å²) in [4.78, 5) is 11.1. The van der Waals surface area contributed by atoms with E-state index >= 15 is 0 Å². The van der Waals surface area contributed by atoms with E-state index < -0.39 is 16.7 Å². The van der Waals surface area contributed by atoms with Crippen LogP contribution >= 0.6 is 0 Å². The van der Waals surface area contributed by atoms with Gasteiger partial charge in [-0.1, -0.05) is 0 Å². The third-order valence-electron chi connectivity index (χ3n) is 2.48. The molecule has 1 amide bonds. The number of hydrogen-bond donors (Lipinski definition) is 3. The van der Waals surface area contributed by atoms with Gasteiger partial charge in [-0.15, -0.1) is 0 Å². The van der Waals surface area contributed by atoms with Crippen LogP contribution in [0.5, 0.6) is 0 Å². The maximum Gasteiger partial charge on any atom is 0.250 e. The largest absolute Gasteiger partial charge is 0.398 e. The SMILES string of the molecule is CC(CNc1ccc(N)c(C(N)=O)c1)S(C)=O. The lowest BCUT2D eigenvalue weighted by Gasteiger charge is -2.12. The molecule has 1 rings (SSSR count). The first-order valence-electron chi connectivity index (χ1n) is 5.17. The summed E-state index contributed by atoms with van der Waals surface area (Å²) in [5.74, 6) is -0.557. The summed E-state index contributed by atoms with van der Waals surface area (Å²) >= 11 is 0. The zero-order valence-corrected chi connectivity index (χ0v) is 10.7. The molecule has 0 heterocycles. The molecule has 5 N–H and O–H groups in total. The van der Waals surface area contributed by atoms with Crippen molar-refractivity contribution in [1.29, 1.82) is 0 Å². The van der Waals surface area contributed by atoms with Crippen LogP contribution in [0, 0.1) is 0 Å². The first kappa shape index (κ1) is 13.5. The predicted octanol–water partition coefficient (Wildman–Crippen LogP) is 0.547. The summed E-state index contributed by atoms with van der Waals surface area (Å²) in [5.41, 5.74) is 12.2. The molecule has 2 atom stereocenters. The van der Waals surface area contributed by atoms with Gasteiger partial charge in [-0.25, -0.2) is 0 Å². The highest BCUT2D eigenvalue weighted by Gasteiger charge is 2.08. The second-order valence-corrected chi connectivity index (χ2v) is 5.66. The van der Waals surface area contributed by atoms with E-state index in [0.29, 0.717) is 17.8 Å². The molecule has 0 radical (unpaired) electrons. The summed E-state index contributed by atoms with van der Waals surface area (Å²) in [7, 11) is -0.881. The number of anilines is 2. The van der Waals surface area contributed by atoms with E-state index in [0.717, 1.165) is 5.69 Å². The number of nitrogen functional groups attached to an aromatic ring is 1. The summed E-state index contributed by atoms with van der Waals surface area (Å²) in [6.07, 6.45) is 1.66. The highest BCUT2D eigenvalue weighted by molar-refractivity contribution is 7.84. The molecule has 0 spiro atoms. The molecule has 0 aliphatic heterocycles. The summed E-state index contributed by atoms with van der Waals surface area (Å²) < 4.78 is 11.2. The van der Waals surface area contributed by atoms with Gasteiger partial charge in [0.2, 0.25) is 0 Å². The first-order chi connectivity index (χ1) is 7.91. The molecule has 1 aromatic rings. The second-order valence-electron chi connectivity index (χ2n) is 3.86. The average molecular weight is 255 g/mol. The van der Waals surface area contributed by atoms with Gasteiger partial charge < -0.3 is 16.8 Å². The van der Waals surface area contributed by atoms with Crippen molar-refractivity contribution in [3.8, 4) is 0 Å². The fraction of sp³-hybridized carbons (Fsp3) is 0.364. The van der Waals surface area contributed by atoms with Crippen molar-refractivity contribution >= 4 is 28.1 Å². The van der Waals surface area contributed by atoms with E-state index in [-0.39, 0.29) is 5.25 Å². The fourth-order valence-electron chi connectivity index (χ4n) is 1.26. The summed E-state index contributed by atoms with van der Waals surface area (Å²) in [5, 5.41) is 3.12. The van der Waals surface area contributed by atoms with Crippen molar-refractivity contribution in [2.75, 3.05) is 23.9 Å². The third-order valence-corrected chi connectivity index (χ3v) is 3.78. The van der Waals surface area contributed by atoms with Gasteiger partial charge in [0, 0.05) is 40.2 Å². The van der Waals surface area contributed by atoms with Crippen molar-refractivity contribution in [2.24, 2.45) is 5.73 Å². The number of nitrogens with two attached hydrogens (primary N) is 2. The molecular weight excluding hydrogens is 238 g/mol. The highest BCUT2D eigenvalue weighted by Crippen LogP contribution is 2.17. The molecular formula is C11H17N3O2S. The zero-order chi connectivity index (χ0) is 13.0. The van der Waals surface area contributed by atoms with Crippen LogP contribution in [0.2, 0.25) is 0 Å². The Bertz CT molecular complexity index is 448. The summed E-state index contributed by atoms with van der Waals surface area (Å²) in [6.45, 7) is 2.45. The van der Waals surface area contributed by atoms with E-state index in [1.54, 1.807) is 24.5 Å². The van der Waals surface area contributed by atoms with Crippen molar-refractivity contribution in [1.82, 2.24) is 0 Å². The van der Waals surface area contributed by atoms with Gasteiger partial charge in [-0.3, -0.25) is 9.00 Å². The second kappa shape index (κ2) is 5.67. The van der Waals surface area contributed by atoms with Crippen molar-refractivity contribution < 1.29 is 9.00 Å². The Morgan fingerprint density at radius 2 is 2.18 bits per heavy atom. The minimum atomic E-state index is -0.881. The van der Waals surface area contributed by atoms with Gasteiger partial charge in [0.05, 0.1) is 5.56 Å². The molecule has 0 aliphatic rings. The van der Waals surface area contributed by atoms with Gasteiger partial charge >= 0.3 is 0 Å². The molecule has 0 fully saturated rings. The van der Waals surface area contributed by atoms with E-state index in [1.165, 1.54) is 0 Å². The van der Waals surface area contributed by atoms with Crippen molar-refractivity contribution in [3.05, 3.63) is 23.8 Å². The number of amides is 1. The average Bonchev–Trinajstić information content (AvgIpc) is 2.26. The number of benzene rings is 1. The van der Waals surface area contributed by atoms with E-state index in [2.05, 4.69) is 5.32 Å². The lowest BCUT2D eigenvalue weighted by molar-refractivity contribution is 0.100. The van der Waals surface area contributed by atoms with Gasteiger partial charge in [0.25, 0.3) is 5.91 Å². The Kier molecular flexibility index (Phi) is 4.51. The monoisotopic (exact) mass is 255 g/mol. The number of carbonyl (C=O) groups is 1. The standard InChI is InChI=1S/C11H17N3O2S/c1-7(17(2)16)6-14-8-3-4-10(12)9(5-8)11(13)15/h3-5,7,14H,6,12H2,1-2H3,(H2,13,15). The Morgan fingerprint density at radius 1 is 1.53 bits per heavy atom. The molecule has 1 aromatic carbocycles. The van der Waals surface area contributed by atoms with E-state index in [4.69, 9.17) is 11.5 Å². The van der Waals surface area contributed by atoms with E-state index in [9.17, 15) is 9.00 Å². The van der Waals surface area contributed by atoms with Gasteiger partial charge in [-0.2, -0.15) is 0 Å². The molecule has 0 aliphatic carbocycles. The van der Waals surface area contributed by atoms with Crippen LogP contribution in [0.1, 0.15) is 17.3 Å². The molecule has 6 heteroatoms. The molecule has 0 bridgehead atoms. The van der Waals surface area contributed by atoms with Crippen LogP contribution in [0.4, 0.5) is 11.4 Å². The molecule has 17 heavy (non-hydrogen) atoms. The van der Waals surface area contributed by atoms with Crippen LogP contribution in [0.15, 0.2) is 18.2 Å². The fourth-order valence-corrected chi connectivity index (χ4v) is 1.58. The number of hydrogen-bond acceptors (Lipinski definition) is 4. The van der Waals surface area contributed by atoms with Gasteiger partial charge in [-0.05, 0) is 25.1 Å². The first-order valence-corrected chi connectivity index (χ1v) is 6.79. The number of rotatable bonds is 5. The highest BCUT2D eigenvalue weighted by atomic mass is 32.2. The normalized spacial score (nSPS) is 14.0. The zero-order valence-electron chi connectivity index (χ0n) is 9.90. The lowest BCUT2D eigenvalue weighted by Crippen LogP contribution is -2.21. The van der Waals surface area contributed by atoms with Gasteiger partial charge in [0.15, 0.2) is 0 Å². The molecule has 0 aromatic heterocycles. The Morgan fingerprint density at radius 3 is 2.71 bits per heavy atom. The van der Waals surface area contributed by atoms with E-state index in [1.807, 2.05) is 6.92 Å². The van der Waals surface area contributed by atoms with Crippen LogP contribution in [-0.2, 0) is 10.8 Å². The van der Waals surface area contributed by atoms with Crippen molar-refractivity contribution in [3.63, 3.8) is 0 Å². The minimum absolute atomic E-state index is 0.0320. The van der Waals surface area contributed by atoms with Crippen LogP contribution < -0.4 is 16.8 Å². The molecule has 94 valence electrons. The smallest absolute Gasteiger partial charge is 0.250 e. The van der Waals surface area contributed by atoms with Crippen LogP contribution in [0.3, 0.4) is 0 Å². The maximum absolute atomic E-state index is 11.2. The van der Waals surface area contributed by atoms with Gasteiger partial charge in [0.1, 0.15) is 0 Å². The maximum atomic E-state index is 11.2. The van der Waals surface area contributed by atoms with Crippen LogP contribution in [-0.4, -0.2) is 28.2 Å². The predicted molar refractivity (Wildman–Crippen MR) is 71.4 cm³/mol. The lowest BCUT2D eigenvalue weighted by atomic mass is 10.1. The van der Waals surface area contributed by atoms with Crippen molar-refractivity contribution in [2.45, 2.75) is 12.2 Å². The third kappa shape index (κ3) is 3.74. The summed E-state index contributed by atoms with van der Waals surface area (Å²) in [6, 6.07) is 4.98. The molecule has 2 unspecified atom stereocenters. The van der Waals surface area contributed by atoms with Crippen LogP contribution in [0.25, 0.3) is 0 Å². The number of primary amides is 1. The molecule has 5 nitrogen and oxygen atoms in total. The number of carbonyl (C=O) groups excluding carboxylic acids is 1. The number of nitrogens with one attached hydrogen (secondary N) is 1. The Hall–Kier alpha value is -1.56. The molecule has 0 saturated carbocycles. The minimum Gasteiger partial charge on any atom is -0.398 e. The quantitative estimate of drug-likeness (QED) is 0.669. The Labute approximate surface area is 103 Å².